The van der Waals surface area contributed by atoms with Gasteiger partial charge in [0, 0.05) is 23.9 Å². The van der Waals surface area contributed by atoms with E-state index in [4.69, 9.17) is 11.6 Å². The Bertz CT molecular complexity index is 856. The molecular weight excluding hydrogens is 423 g/mol. The van der Waals surface area contributed by atoms with Crippen molar-refractivity contribution in [1.29, 1.82) is 5.26 Å². The molecule has 3 N–H and O–H groups in total. The molecule has 1 saturated heterocycles. The molecule has 7 nitrogen and oxygen atoms in total. The summed E-state index contributed by atoms with van der Waals surface area (Å²) in [4.78, 5) is 36.9. The molecule has 1 fully saturated rings. The highest BCUT2D eigenvalue weighted by Crippen LogP contribution is 2.17. The van der Waals surface area contributed by atoms with Crippen molar-refractivity contribution in [2.24, 2.45) is 11.8 Å². The summed E-state index contributed by atoms with van der Waals surface area (Å²) in [6.45, 7) is 4.40. The summed E-state index contributed by atoms with van der Waals surface area (Å²) in [5.74, 6) is -1.65. The van der Waals surface area contributed by atoms with Gasteiger partial charge in [0.05, 0.1) is 6.07 Å². The van der Waals surface area contributed by atoms with Gasteiger partial charge in [0.25, 0.3) is 0 Å². The van der Waals surface area contributed by atoms with Crippen molar-refractivity contribution in [1.82, 2.24) is 16.0 Å². The molecule has 1 aromatic rings. The van der Waals surface area contributed by atoms with E-state index in [0.29, 0.717) is 24.9 Å². The Balaban J connectivity index is 1.94. The molecule has 9 heteroatoms. The number of carbonyl (C=O) groups is 3. The number of carbonyl (C=O) groups excluding carboxylic acids is 3. The number of nitrogens with one attached hydrogen (secondary N) is 3. The van der Waals surface area contributed by atoms with Crippen LogP contribution in [0.3, 0.4) is 0 Å². The molecule has 31 heavy (non-hydrogen) atoms. The summed E-state index contributed by atoms with van der Waals surface area (Å²) in [7, 11) is 0. The number of halogens is 2. The molecule has 1 aliphatic heterocycles. The summed E-state index contributed by atoms with van der Waals surface area (Å²) >= 11 is 5.74. The maximum Gasteiger partial charge on any atom is 0.243 e. The number of hydrogen-bond donors (Lipinski definition) is 3. The van der Waals surface area contributed by atoms with Gasteiger partial charge in [-0.2, -0.15) is 5.26 Å². The molecule has 0 bridgehead atoms. The Kier molecular flexibility index (Phi) is 9.25. The number of amides is 3. The quantitative estimate of drug-likeness (QED) is 0.508. The molecule has 0 saturated carbocycles. The highest BCUT2D eigenvalue weighted by atomic mass is 35.5. The Morgan fingerprint density at radius 1 is 1.35 bits per heavy atom. The first-order chi connectivity index (χ1) is 14.7. The lowest BCUT2D eigenvalue weighted by molar-refractivity contribution is -0.129. The summed E-state index contributed by atoms with van der Waals surface area (Å²) < 4.78 is 13.9. The standard InChI is InChI=1S/C22H28ClFN4O3/c1-13(2)9-19(22(31)27-17(12-25)10-15-7-8-26-21(15)30)28-20(29)6-4-14-3-5-16(23)11-18(14)24/h3,5,11,13,15,17,19H,4,6-10H2,1-2H3,(H,26,30)(H,27,31)(H,28,29)/t15-,17-,19-/m0/s1. The van der Waals surface area contributed by atoms with E-state index >= 15 is 0 Å². The van der Waals surface area contributed by atoms with Crippen LogP contribution in [0, 0.1) is 29.0 Å². The van der Waals surface area contributed by atoms with Gasteiger partial charge >= 0.3 is 0 Å². The fraction of sp³-hybridized carbons (Fsp3) is 0.545. The van der Waals surface area contributed by atoms with Gasteiger partial charge in [0.1, 0.15) is 17.9 Å². The summed E-state index contributed by atoms with van der Waals surface area (Å²) in [6.07, 6.45) is 1.41. The van der Waals surface area contributed by atoms with E-state index in [0.717, 1.165) is 0 Å². The van der Waals surface area contributed by atoms with E-state index in [-0.39, 0.29) is 47.9 Å². The fourth-order valence-electron chi connectivity index (χ4n) is 3.51. The molecule has 1 aliphatic rings. The van der Waals surface area contributed by atoms with Crippen LogP contribution in [0.5, 0.6) is 0 Å². The van der Waals surface area contributed by atoms with Crippen molar-refractivity contribution in [3.63, 3.8) is 0 Å². The third-order valence-electron chi connectivity index (χ3n) is 5.15. The second-order valence-electron chi connectivity index (χ2n) is 8.19. The molecule has 2 rings (SSSR count). The minimum absolute atomic E-state index is 0.00432. The Morgan fingerprint density at radius 3 is 2.68 bits per heavy atom. The van der Waals surface area contributed by atoms with E-state index in [2.05, 4.69) is 16.0 Å². The van der Waals surface area contributed by atoms with Gasteiger partial charge in [0.2, 0.25) is 17.7 Å². The molecule has 168 valence electrons. The zero-order chi connectivity index (χ0) is 23.0. The van der Waals surface area contributed by atoms with E-state index in [1.807, 2.05) is 19.9 Å². The van der Waals surface area contributed by atoms with Crippen molar-refractivity contribution in [2.45, 2.75) is 58.0 Å². The van der Waals surface area contributed by atoms with Gasteiger partial charge < -0.3 is 16.0 Å². The monoisotopic (exact) mass is 450 g/mol. The fourth-order valence-corrected chi connectivity index (χ4v) is 3.67. The molecular formula is C22H28ClFN4O3. The van der Waals surface area contributed by atoms with Crippen molar-refractivity contribution in [2.75, 3.05) is 6.54 Å². The molecule has 3 amide bonds. The molecule has 0 radical (unpaired) electrons. The summed E-state index contributed by atoms with van der Waals surface area (Å²) in [5.41, 5.74) is 0.365. The zero-order valence-corrected chi connectivity index (χ0v) is 18.5. The Labute approximate surface area is 186 Å². The van der Waals surface area contributed by atoms with E-state index < -0.39 is 23.8 Å². The van der Waals surface area contributed by atoms with Crippen molar-refractivity contribution in [3.05, 3.63) is 34.6 Å². The smallest absolute Gasteiger partial charge is 0.243 e. The van der Waals surface area contributed by atoms with Gasteiger partial charge in [0.15, 0.2) is 0 Å². The first-order valence-electron chi connectivity index (χ1n) is 10.4. The van der Waals surface area contributed by atoms with E-state index in [1.165, 1.54) is 12.1 Å². The van der Waals surface area contributed by atoms with Crippen LogP contribution in [0.25, 0.3) is 0 Å². The lowest BCUT2D eigenvalue weighted by Crippen LogP contribution is -2.50. The van der Waals surface area contributed by atoms with E-state index in [1.54, 1.807) is 6.07 Å². The van der Waals surface area contributed by atoms with Gasteiger partial charge in [-0.05, 0) is 49.3 Å². The highest BCUT2D eigenvalue weighted by Gasteiger charge is 2.30. The third-order valence-corrected chi connectivity index (χ3v) is 5.39. The molecule has 0 aliphatic carbocycles. The van der Waals surface area contributed by atoms with Gasteiger partial charge in [-0.3, -0.25) is 14.4 Å². The number of nitrogens with zero attached hydrogens (tertiary/aromatic N) is 1. The van der Waals surface area contributed by atoms with Crippen molar-refractivity contribution >= 4 is 29.3 Å². The van der Waals surface area contributed by atoms with E-state index in [9.17, 15) is 24.0 Å². The Morgan fingerprint density at radius 2 is 2.10 bits per heavy atom. The predicted octanol–water partition coefficient (Wildman–Crippen LogP) is 2.48. The summed E-state index contributed by atoms with van der Waals surface area (Å²) in [6, 6.07) is 4.65. The van der Waals surface area contributed by atoms with Crippen LogP contribution in [0.15, 0.2) is 18.2 Å². The molecule has 0 aromatic heterocycles. The van der Waals surface area contributed by atoms with Gasteiger partial charge in [-0.1, -0.05) is 31.5 Å². The topological polar surface area (TPSA) is 111 Å². The predicted molar refractivity (Wildman–Crippen MR) is 114 cm³/mol. The molecule has 1 heterocycles. The third kappa shape index (κ3) is 7.83. The molecule has 0 unspecified atom stereocenters. The normalized spacial score (nSPS) is 17.5. The average molecular weight is 451 g/mol. The number of aryl methyl sites for hydroxylation is 1. The maximum atomic E-state index is 13.9. The lowest BCUT2D eigenvalue weighted by Gasteiger charge is -2.22. The van der Waals surface area contributed by atoms with Crippen LogP contribution >= 0.6 is 11.6 Å². The minimum atomic E-state index is -0.823. The van der Waals surface area contributed by atoms with Crippen molar-refractivity contribution < 1.29 is 18.8 Å². The number of rotatable bonds is 10. The minimum Gasteiger partial charge on any atom is -0.356 e. The van der Waals surface area contributed by atoms with Crippen LogP contribution in [0.4, 0.5) is 4.39 Å². The lowest BCUT2D eigenvalue weighted by atomic mass is 9.98. The highest BCUT2D eigenvalue weighted by molar-refractivity contribution is 6.30. The van der Waals surface area contributed by atoms with Crippen LogP contribution < -0.4 is 16.0 Å². The van der Waals surface area contributed by atoms with Crippen LogP contribution in [-0.4, -0.2) is 36.3 Å². The van der Waals surface area contributed by atoms with Crippen LogP contribution in [0.1, 0.15) is 45.1 Å². The second kappa shape index (κ2) is 11.7. The molecule has 3 atom stereocenters. The van der Waals surface area contributed by atoms with Gasteiger partial charge in [-0.15, -0.1) is 0 Å². The van der Waals surface area contributed by atoms with Crippen molar-refractivity contribution in [3.8, 4) is 6.07 Å². The first kappa shape index (κ1) is 24.6. The van der Waals surface area contributed by atoms with Gasteiger partial charge in [-0.25, -0.2) is 4.39 Å². The summed E-state index contributed by atoms with van der Waals surface area (Å²) in [5, 5.41) is 17.7. The second-order valence-corrected chi connectivity index (χ2v) is 8.62. The zero-order valence-electron chi connectivity index (χ0n) is 17.7. The molecule has 0 spiro atoms. The number of nitriles is 1. The number of hydrogen-bond acceptors (Lipinski definition) is 4. The Hall–Kier alpha value is -2.66. The van der Waals surface area contributed by atoms with Crippen LogP contribution in [0.2, 0.25) is 5.02 Å². The molecule has 1 aromatic carbocycles. The maximum absolute atomic E-state index is 13.9. The first-order valence-corrected chi connectivity index (χ1v) is 10.8. The average Bonchev–Trinajstić information content (AvgIpc) is 3.10. The number of benzene rings is 1. The van der Waals surface area contributed by atoms with Crippen LogP contribution in [-0.2, 0) is 20.8 Å². The largest absolute Gasteiger partial charge is 0.356 e. The SMILES string of the molecule is CC(C)C[C@H](NC(=O)CCc1ccc(Cl)cc1F)C(=O)N[C@H](C#N)C[C@@H]1CCNC1=O.